The van der Waals surface area contributed by atoms with Gasteiger partial charge in [-0.2, -0.15) is 0 Å². The Bertz CT molecular complexity index is 233. The predicted molar refractivity (Wildman–Crippen MR) is 42.2 cm³/mol. The van der Waals surface area contributed by atoms with E-state index in [1.54, 1.807) is 20.8 Å². The second kappa shape index (κ2) is 2.43. The molecule has 1 fully saturated rings. The van der Waals surface area contributed by atoms with Gasteiger partial charge < -0.3 is 0 Å². The Labute approximate surface area is 68.4 Å². The van der Waals surface area contributed by atoms with E-state index >= 15 is 0 Å². The first-order valence-corrected chi connectivity index (χ1v) is 3.85. The van der Waals surface area contributed by atoms with Gasteiger partial charge in [-0.1, -0.05) is 20.8 Å². The third-order valence-electron chi connectivity index (χ3n) is 2.13. The number of Topliss-reactive ketones (excluding diaryl/α,β-unsaturated/α-hetero) is 2. The van der Waals surface area contributed by atoms with Crippen molar-refractivity contribution in [1.29, 1.82) is 0 Å². The first-order chi connectivity index (χ1) is 5.36. The molecule has 11 heavy (non-hydrogen) atoms. The van der Waals surface area contributed by atoms with Crippen molar-refractivity contribution in [1.82, 2.24) is 0 Å². The second-order valence-electron chi connectivity index (χ2n) is 3.85. The van der Waals surface area contributed by atoms with Gasteiger partial charge >= 0.3 is 0 Å². The SMILES string of the molecule is [2H]C1C(=O)CC(C)(C)C(=O)C1C. The van der Waals surface area contributed by atoms with E-state index in [9.17, 15) is 9.59 Å². The zero-order valence-electron chi connectivity index (χ0n) is 8.18. The molecule has 2 unspecified atom stereocenters. The summed E-state index contributed by atoms with van der Waals surface area (Å²) in [7, 11) is 0. The van der Waals surface area contributed by atoms with Crippen molar-refractivity contribution in [3.05, 3.63) is 0 Å². The predicted octanol–water partition coefficient (Wildman–Crippen LogP) is 1.58. The maximum atomic E-state index is 11.5. The lowest BCUT2D eigenvalue weighted by Gasteiger charge is -2.30. The zero-order chi connectivity index (χ0) is 9.52. The Morgan fingerprint density at radius 2 is 2.09 bits per heavy atom. The summed E-state index contributed by atoms with van der Waals surface area (Å²) in [4.78, 5) is 22.8. The van der Waals surface area contributed by atoms with Crippen molar-refractivity contribution in [2.75, 3.05) is 0 Å². The molecule has 0 spiro atoms. The molecule has 0 bridgehead atoms. The van der Waals surface area contributed by atoms with Crippen molar-refractivity contribution in [3.63, 3.8) is 0 Å². The highest BCUT2D eigenvalue weighted by Gasteiger charge is 2.38. The van der Waals surface area contributed by atoms with Crippen molar-refractivity contribution < 1.29 is 11.0 Å². The summed E-state index contributed by atoms with van der Waals surface area (Å²) in [5, 5.41) is 0. The highest BCUT2D eigenvalue weighted by atomic mass is 16.1. The largest absolute Gasteiger partial charge is 0.300 e. The van der Waals surface area contributed by atoms with Gasteiger partial charge in [0.05, 0.1) is 0 Å². The minimum Gasteiger partial charge on any atom is -0.300 e. The smallest absolute Gasteiger partial charge is 0.142 e. The Morgan fingerprint density at radius 1 is 1.55 bits per heavy atom. The normalized spacial score (nSPS) is 38.6. The molecule has 2 heteroatoms. The molecule has 0 aromatic carbocycles. The first kappa shape index (κ1) is 7.01. The van der Waals surface area contributed by atoms with Crippen LogP contribution in [0.25, 0.3) is 0 Å². The van der Waals surface area contributed by atoms with Crippen molar-refractivity contribution in [3.8, 4) is 0 Å². The first-order valence-electron chi connectivity index (χ1n) is 4.43. The molecule has 0 aliphatic heterocycles. The van der Waals surface area contributed by atoms with Gasteiger partial charge in [-0.3, -0.25) is 9.59 Å². The maximum absolute atomic E-state index is 11.5. The third kappa shape index (κ3) is 1.50. The summed E-state index contributed by atoms with van der Waals surface area (Å²) in [6.45, 7) is 5.21. The van der Waals surface area contributed by atoms with Crippen LogP contribution in [-0.4, -0.2) is 11.6 Å². The van der Waals surface area contributed by atoms with Crippen LogP contribution in [0.4, 0.5) is 0 Å². The fourth-order valence-electron chi connectivity index (χ4n) is 1.55. The highest BCUT2D eigenvalue weighted by Crippen LogP contribution is 2.32. The Balaban J connectivity index is 2.93. The van der Waals surface area contributed by atoms with E-state index < -0.39 is 17.7 Å². The van der Waals surface area contributed by atoms with Gasteiger partial charge in [0.2, 0.25) is 0 Å². The van der Waals surface area contributed by atoms with Crippen LogP contribution in [0.2, 0.25) is 0 Å². The van der Waals surface area contributed by atoms with Crippen LogP contribution in [0.1, 0.15) is 35.0 Å². The molecule has 1 saturated carbocycles. The molecule has 0 heterocycles. The van der Waals surface area contributed by atoms with E-state index in [1.165, 1.54) is 0 Å². The molecular weight excluding hydrogens is 140 g/mol. The summed E-state index contributed by atoms with van der Waals surface area (Å²) in [6.07, 6.45) is -0.602. The topological polar surface area (TPSA) is 34.1 Å². The van der Waals surface area contributed by atoms with Gasteiger partial charge in [-0.25, -0.2) is 0 Å². The standard InChI is InChI=1S/C9H14O2/c1-6-4-7(10)5-9(2,3)8(6)11/h6H,4-5H2,1-3H3/i4D. The number of hydrogen-bond donors (Lipinski definition) is 0. The van der Waals surface area contributed by atoms with Crippen LogP contribution in [0.5, 0.6) is 0 Å². The van der Waals surface area contributed by atoms with Gasteiger partial charge in [-0.05, 0) is 0 Å². The number of hydrogen-bond acceptors (Lipinski definition) is 2. The molecule has 2 atom stereocenters. The van der Waals surface area contributed by atoms with Crippen LogP contribution < -0.4 is 0 Å². The van der Waals surface area contributed by atoms with Crippen LogP contribution >= 0.6 is 0 Å². The summed E-state index contributed by atoms with van der Waals surface area (Å²) in [5.74, 6) is -0.490. The van der Waals surface area contributed by atoms with Crippen molar-refractivity contribution >= 4 is 11.6 Å². The number of ketones is 2. The molecule has 1 aliphatic rings. The Kier molecular flexibility index (Phi) is 1.55. The number of rotatable bonds is 0. The average molecular weight is 155 g/mol. The van der Waals surface area contributed by atoms with E-state index in [-0.39, 0.29) is 18.0 Å². The monoisotopic (exact) mass is 155 g/mol. The van der Waals surface area contributed by atoms with Gasteiger partial charge in [0.1, 0.15) is 11.6 Å². The minimum absolute atomic E-state index is 0.0436. The molecule has 0 N–H and O–H groups in total. The fourth-order valence-corrected chi connectivity index (χ4v) is 1.55. The van der Waals surface area contributed by atoms with E-state index in [4.69, 9.17) is 1.37 Å². The van der Waals surface area contributed by atoms with E-state index in [2.05, 4.69) is 0 Å². The fraction of sp³-hybridized carbons (Fsp3) is 0.778. The summed E-state index contributed by atoms with van der Waals surface area (Å²) in [5.41, 5.74) is -0.548. The molecule has 2 nitrogen and oxygen atoms in total. The molecule has 0 amide bonds. The number of carbonyl (C=O) groups is 2. The van der Waals surface area contributed by atoms with Gasteiger partial charge in [0.25, 0.3) is 0 Å². The highest BCUT2D eigenvalue weighted by molar-refractivity contribution is 5.98. The Hall–Kier alpha value is -0.660. The Morgan fingerprint density at radius 3 is 2.64 bits per heavy atom. The van der Waals surface area contributed by atoms with Gasteiger partial charge in [0, 0.05) is 25.5 Å². The molecule has 1 aliphatic carbocycles. The van der Waals surface area contributed by atoms with Gasteiger partial charge in [0.15, 0.2) is 0 Å². The van der Waals surface area contributed by atoms with Crippen LogP contribution in [0, 0.1) is 11.3 Å². The zero-order valence-corrected chi connectivity index (χ0v) is 7.18. The molecule has 1 rings (SSSR count). The van der Waals surface area contributed by atoms with E-state index in [0.29, 0.717) is 0 Å². The van der Waals surface area contributed by atoms with E-state index in [1.807, 2.05) is 0 Å². The molecule has 0 aromatic heterocycles. The maximum Gasteiger partial charge on any atom is 0.142 e. The second-order valence-corrected chi connectivity index (χ2v) is 3.85. The van der Waals surface area contributed by atoms with E-state index in [0.717, 1.165) is 0 Å². The van der Waals surface area contributed by atoms with Gasteiger partial charge in [-0.15, -0.1) is 0 Å². The lowest BCUT2D eigenvalue weighted by Crippen LogP contribution is -2.38. The minimum atomic E-state index is -0.828. The molecule has 62 valence electrons. The molecular formula is C9H14O2. The molecule has 0 aromatic rings. The lowest BCUT2D eigenvalue weighted by molar-refractivity contribution is -0.141. The lowest BCUT2D eigenvalue weighted by atomic mass is 9.71. The van der Waals surface area contributed by atoms with Crippen LogP contribution in [0.3, 0.4) is 0 Å². The molecule has 0 radical (unpaired) electrons. The summed E-state index contributed by atoms with van der Waals surface area (Å²) < 4.78 is 7.42. The number of carbonyl (C=O) groups excluding carboxylic acids is 2. The summed E-state index contributed by atoms with van der Waals surface area (Å²) in [6, 6.07) is 0. The van der Waals surface area contributed by atoms with Crippen molar-refractivity contribution in [2.45, 2.75) is 33.6 Å². The van der Waals surface area contributed by atoms with Crippen molar-refractivity contribution in [2.24, 2.45) is 11.3 Å². The van der Waals surface area contributed by atoms with Crippen LogP contribution in [0.15, 0.2) is 0 Å². The summed E-state index contributed by atoms with van der Waals surface area (Å²) >= 11 is 0. The molecule has 0 saturated heterocycles. The quantitative estimate of drug-likeness (QED) is 0.532. The average Bonchev–Trinajstić information content (AvgIpc) is 1.97. The third-order valence-corrected chi connectivity index (χ3v) is 2.13. The van der Waals surface area contributed by atoms with Crippen LogP contribution in [-0.2, 0) is 9.59 Å².